The van der Waals surface area contributed by atoms with Gasteiger partial charge in [-0.25, -0.2) is 0 Å². The van der Waals surface area contributed by atoms with Crippen molar-refractivity contribution in [1.29, 1.82) is 0 Å². The van der Waals surface area contributed by atoms with Gasteiger partial charge < -0.3 is 8.23 Å². The predicted octanol–water partition coefficient (Wildman–Crippen LogP) is 8.56. The molecule has 0 rings (SSSR count). The van der Waals surface area contributed by atoms with Crippen molar-refractivity contribution >= 4 is 25.2 Å². The van der Waals surface area contributed by atoms with Gasteiger partial charge in [-0.2, -0.15) is 0 Å². The second-order valence-corrected chi connectivity index (χ2v) is 23.1. The third-order valence-corrected chi connectivity index (χ3v) is 19.0. The van der Waals surface area contributed by atoms with E-state index in [1.54, 1.807) is 0 Å². The highest BCUT2D eigenvalue weighted by molar-refractivity contribution is 6.88. The fourth-order valence-electron chi connectivity index (χ4n) is 3.83. The molecule has 0 aliphatic heterocycles. The molecule has 2 atom stereocenters. The van der Waals surface area contributed by atoms with E-state index in [0.717, 1.165) is 23.9 Å². The van der Waals surface area contributed by atoms with Crippen molar-refractivity contribution in [3.63, 3.8) is 0 Å². The van der Waals surface area contributed by atoms with Crippen LogP contribution in [0.15, 0.2) is 0 Å². The van der Waals surface area contributed by atoms with Gasteiger partial charge in [-0.3, -0.25) is 0 Å². The minimum Gasteiger partial charge on any atom is -0.436 e. The van der Waals surface area contributed by atoms with Gasteiger partial charge in [0.25, 0.3) is 0 Å². The van der Waals surface area contributed by atoms with E-state index in [2.05, 4.69) is 67.7 Å². The van der Waals surface area contributed by atoms with E-state index in [0.29, 0.717) is 0 Å². The van der Waals surface area contributed by atoms with E-state index in [9.17, 15) is 0 Å². The normalized spacial score (nSPS) is 15.8. The van der Waals surface area contributed by atoms with E-state index in [1.165, 1.54) is 50.6 Å². The summed E-state index contributed by atoms with van der Waals surface area (Å²) >= 11 is 0. The van der Waals surface area contributed by atoms with Gasteiger partial charge in [-0.1, -0.05) is 80.1 Å². The zero-order valence-corrected chi connectivity index (χ0v) is 23.5. The molecule has 0 saturated heterocycles. The van der Waals surface area contributed by atoms with E-state index in [1.807, 2.05) is 0 Å². The van der Waals surface area contributed by atoms with Crippen molar-refractivity contribution in [2.75, 3.05) is 0 Å². The van der Waals surface area contributed by atoms with Crippen LogP contribution in [0.3, 0.4) is 0 Å². The van der Waals surface area contributed by atoms with Crippen LogP contribution in [0.5, 0.6) is 0 Å². The molecule has 2 nitrogen and oxygen atoms in total. The Morgan fingerprint density at radius 1 is 0.630 bits per heavy atom. The van der Waals surface area contributed by atoms with Crippen LogP contribution < -0.4 is 0 Å². The highest BCUT2D eigenvalue weighted by atomic mass is 28.5. The summed E-state index contributed by atoms with van der Waals surface area (Å²) in [6.07, 6.45) is 7.93. The summed E-state index contributed by atoms with van der Waals surface area (Å²) in [5, 5.41) is 0. The Hall–Kier alpha value is 0.571. The maximum Gasteiger partial charge on any atom is 0.317 e. The number of hydrogen-bond donors (Lipinski definition) is 0. The van der Waals surface area contributed by atoms with Crippen LogP contribution in [0.2, 0.25) is 50.4 Å². The molecule has 0 radical (unpaired) electrons. The zero-order chi connectivity index (χ0) is 21.1. The van der Waals surface area contributed by atoms with Gasteiger partial charge in [-0.15, -0.1) is 0 Å². The molecule has 0 N–H and O–H groups in total. The summed E-state index contributed by atoms with van der Waals surface area (Å²) in [5.41, 5.74) is 0. The van der Waals surface area contributed by atoms with Gasteiger partial charge in [-0.05, 0) is 62.2 Å². The summed E-state index contributed by atoms with van der Waals surface area (Å²) < 4.78 is 14.0. The molecule has 0 aliphatic carbocycles. The fraction of sp³-hybridized carbons (Fsp3) is 1.00. The van der Waals surface area contributed by atoms with Crippen molar-refractivity contribution in [1.82, 2.24) is 0 Å². The molecule has 27 heavy (non-hydrogen) atoms. The van der Waals surface area contributed by atoms with E-state index in [4.69, 9.17) is 8.23 Å². The lowest BCUT2D eigenvalue weighted by Gasteiger charge is -2.42. The molecule has 0 saturated carbocycles. The molecular weight excluding hydrogens is 380 g/mol. The van der Waals surface area contributed by atoms with Gasteiger partial charge in [0.2, 0.25) is 0 Å². The Morgan fingerprint density at radius 2 is 0.963 bits per heavy atom. The van der Waals surface area contributed by atoms with E-state index in [-0.39, 0.29) is 0 Å². The Kier molecular flexibility index (Phi) is 13.3. The fourth-order valence-corrected chi connectivity index (χ4v) is 18.2. The van der Waals surface area contributed by atoms with Crippen molar-refractivity contribution in [2.24, 2.45) is 11.8 Å². The summed E-state index contributed by atoms with van der Waals surface area (Å²) in [5.74, 6) is 1.70. The molecule has 0 bridgehead atoms. The molecule has 0 aromatic carbocycles. The Labute approximate surface area is 175 Å². The first-order valence-electron chi connectivity index (χ1n) is 11.8. The molecular formula is C22H52O2Si3. The topological polar surface area (TPSA) is 18.5 Å². The molecule has 0 fully saturated rings. The van der Waals surface area contributed by atoms with Crippen molar-refractivity contribution in [3.05, 3.63) is 0 Å². The maximum absolute atomic E-state index is 7.01. The first kappa shape index (κ1) is 27.6. The van der Waals surface area contributed by atoms with Crippen LogP contribution in [-0.4, -0.2) is 25.2 Å². The van der Waals surface area contributed by atoms with Crippen molar-refractivity contribution < 1.29 is 8.23 Å². The Balaban J connectivity index is 4.83. The van der Waals surface area contributed by atoms with Crippen molar-refractivity contribution in [3.8, 4) is 0 Å². The molecule has 5 heteroatoms. The third kappa shape index (κ3) is 12.0. The van der Waals surface area contributed by atoms with Crippen LogP contribution in [0.25, 0.3) is 0 Å². The van der Waals surface area contributed by atoms with Crippen molar-refractivity contribution in [2.45, 2.75) is 130 Å². The zero-order valence-electron chi connectivity index (χ0n) is 20.5. The predicted molar refractivity (Wildman–Crippen MR) is 131 cm³/mol. The van der Waals surface area contributed by atoms with Gasteiger partial charge in [0, 0.05) is 0 Å². The minimum absolute atomic E-state index is 0.849. The van der Waals surface area contributed by atoms with Crippen LogP contribution in [-0.2, 0) is 8.23 Å². The van der Waals surface area contributed by atoms with E-state index >= 15 is 0 Å². The molecule has 2 unspecified atom stereocenters. The molecule has 0 heterocycles. The SMILES string of the molecule is CCC(C)CCC[Si](C)(C)O[Si](CC)(CC)O[Si](C)(C)CCCC(C)CC. The molecule has 0 aliphatic rings. The van der Waals surface area contributed by atoms with Gasteiger partial charge in [0.1, 0.15) is 0 Å². The van der Waals surface area contributed by atoms with Crippen LogP contribution >= 0.6 is 0 Å². The third-order valence-electron chi connectivity index (χ3n) is 6.35. The van der Waals surface area contributed by atoms with Crippen LogP contribution in [0.1, 0.15) is 80.1 Å². The van der Waals surface area contributed by atoms with Crippen LogP contribution in [0.4, 0.5) is 0 Å². The lowest BCUT2D eigenvalue weighted by atomic mass is 10.0. The van der Waals surface area contributed by atoms with Crippen LogP contribution in [0, 0.1) is 11.8 Å². The first-order valence-corrected chi connectivity index (χ1v) is 20.3. The highest BCUT2D eigenvalue weighted by Gasteiger charge is 2.44. The average Bonchev–Trinajstić information content (AvgIpc) is 2.59. The molecule has 0 spiro atoms. The Morgan fingerprint density at radius 3 is 1.22 bits per heavy atom. The molecule has 0 amide bonds. The standard InChI is InChI=1S/C22H52O2Si3/c1-11-21(5)17-15-19-25(7,8)23-27(13-3,14-4)24-26(9,10)20-16-18-22(6)12-2/h21-22H,11-20H2,1-10H3. The summed E-state index contributed by atoms with van der Waals surface area (Å²) in [7, 11) is -5.37. The quantitative estimate of drug-likeness (QED) is 0.227. The largest absolute Gasteiger partial charge is 0.436 e. The lowest BCUT2D eigenvalue weighted by Crippen LogP contribution is -2.55. The second kappa shape index (κ2) is 13.0. The second-order valence-electron chi connectivity index (χ2n) is 10.2. The van der Waals surface area contributed by atoms with Gasteiger partial charge >= 0.3 is 8.56 Å². The molecule has 0 aromatic heterocycles. The van der Waals surface area contributed by atoms with E-state index < -0.39 is 25.2 Å². The summed E-state index contributed by atoms with van der Waals surface area (Å²) in [6.45, 7) is 23.7. The van der Waals surface area contributed by atoms with Gasteiger partial charge in [0.05, 0.1) is 0 Å². The minimum atomic E-state index is -2.06. The number of hydrogen-bond acceptors (Lipinski definition) is 2. The highest BCUT2D eigenvalue weighted by Crippen LogP contribution is 2.32. The molecule has 164 valence electrons. The Bertz CT molecular complexity index is 350. The smallest absolute Gasteiger partial charge is 0.317 e. The first-order chi connectivity index (χ1) is 12.4. The lowest BCUT2D eigenvalue weighted by molar-refractivity contribution is 0.366. The maximum atomic E-state index is 7.01. The van der Waals surface area contributed by atoms with Gasteiger partial charge in [0.15, 0.2) is 16.6 Å². The average molecular weight is 433 g/mol. The monoisotopic (exact) mass is 432 g/mol. The number of rotatable bonds is 16. The summed E-state index contributed by atoms with van der Waals surface area (Å²) in [4.78, 5) is 0. The summed E-state index contributed by atoms with van der Waals surface area (Å²) in [6, 6.07) is 4.77. The molecule has 0 aromatic rings.